The van der Waals surface area contributed by atoms with Gasteiger partial charge in [0.05, 0.1) is 11.8 Å². The zero-order valence-corrected chi connectivity index (χ0v) is 17.3. The SMILES string of the molecule is Nc1nc(Nc2ccc(Cl)cc2)nn1S(=O)(=O)c1cn(-c2ccc(C(F)(F)F)cn2)cn1. The van der Waals surface area contributed by atoms with Gasteiger partial charge in [0.15, 0.2) is 5.03 Å². The molecule has 0 fully saturated rings. The minimum absolute atomic E-state index is 0.0311. The van der Waals surface area contributed by atoms with Crippen molar-refractivity contribution >= 4 is 39.2 Å². The zero-order chi connectivity index (χ0) is 23.1. The molecule has 0 bridgehead atoms. The van der Waals surface area contributed by atoms with Gasteiger partial charge in [-0.25, -0.2) is 9.97 Å². The summed E-state index contributed by atoms with van der Waals surface area (Å²) in [5.41, 5.74) is 5.32. The number of halogens is 4. The van der Waals surface area contributed by atoms with Gasteiger partial charge in [0.1, 0.15) is 12.1 Å². The molecule has 3 heterocycles. The van der Waals surface area contributed by atoms with Crippen LogP contribution in [-0.4, -0.2) is 37.1 Å². The first kappa shape index (κ1) is 21.6. The van der Waals surface area contributed by atoms with E-state index in [1.54, 1.807) is 24.3 Å². The number of pyridine rings is 1. The van der Waals surface area contributed by atoms with Crippen LogP contribution < -0.4 is 11.1 Å². The van der Waals surface area contributed by atoms with E-state index in [9.17, 15) is 21.6 Å². The molecule has 1 aromatic carbocycles. The van der Waals surface area contributed by atoms with Gasteiger partial charge in [0, 0.05) is 16.9 Å². The summed E-state index contributed by atoms with van der Waals surface area (Å²) >= 11 is 5.82. The van der Waals surface area contributed by atoms with Gasteiger partial charge >= 0.3 is 16.2 Å². The molecule has 15 heteroatoms. The molecule has 10 nitrogen and oxygen atoms in total. The molecule has 32 heavy (non-hydrogen) atoms. The number of anilines is 3. The third-order valence-corrected chi connectivity index (χ3v) is 5.81. The molecule has 0 aliphatic heterocycles. The van der Waals surface area contributed by atoms with Gasteiger partial charge in [-0.05, 0) is 36.4 Å². The second kappa shape index (κ2) is 7.80. The van der Waals surface area contributed by atoms with Gasteiger partial charge in [-0.3, -0.25) is 4.57 Å². The van der Waals surface area contributed by atoms with E-state index in [4.69, 9.17) is 17.3 Å². The van der Waals surface area contributed by atoms with Crippen molar-refractivity contribution in [3.05, 3.63) is 65.7 Å². The molecule has 0 spiro atoms. The van der Waals surface area contributed by atoms with Crippen LogP contribution in [0, 0.1) is 0 Å². The van der Waals surface area contributed by atoms with Gasteiger partial charge in [0.25, 0.3) is 0 Å². The highest BCUT2D eigenvalue weighted by Crippen LogP contribution is 2.29. The summed E-state index contributed by atoms with van der Waals surface area (Å²) < 4.78 is 65.5. The minimum atomic E-state index is -4.54. The first-order valence-corrected chi connectivity index (χ1v) is 10.4. The Morgan fingerprint density at radius 1 is 1.06 bits per heavy atom. The molecule has 0 amide bonds. The standard InChI is InChI=1S/C17H12ClF3N8O2S/c18-11-2-4-12(5-3-11)25-16-26-15(22)29(27-16)32(30,31)14-8-28(9-24-14)13-6-1-10(7-23-13)17(19,20)21/h1-9H,(H3,22,25,26,27). The average molecular weight is 485 g/mol. The van der Waals surface area contributed by atoms with E-state index in [1.807, 2.05) is 0 Å². The Morgan fingerprint density at radius 3 is 2.41 bits per heavy atom. The molecule has 0 unspecified atom stereocenters. The Morgan fingerprint density at radius 2 is 1.78 bits per heavy atom. The molecule has 0 radical (unpaired) electrons. The molecule has 0 saturated carbocycles. The Balaban J connectivity index is 1.60. The maximum atomic E-state index is 12.9. The highest BCUT2D eigenvalue weighted by molar-refractivity contribution is 7.89. The number of hydrogen-bond donors (Lipinski definition) is 2. The number of rotatable bonds is 5. The Kier molecular flexibility index (Phi) is 5.26. The van der Waals surface area contributed by atoms with Crippen LogP contribution in [-0.2, 0) is 16.2 Å². The lowest BCUT2D eigenvalue weighted by molar-refractivity contribution is -0.137. The fourth-order valence-electron chi connectivity index (χ4n) is 2.56. The average Bonchev–Trinajstić information content (AvgIpc) is 3.37. The maximum absolute atomic E-state index is 12.9. The van der Waals surface area contributed by atoms with E-state index < -0.39 is 32.7 Å². The van der Waals surface area contributed by atoms with Gasteiger partial charge in [-0.1, -0.05) is 11.6 Å². The fraction of sp³-hybridized carbons (Fsp3) is 0.0588. The number of hydrogen-bond acceptors (Lipinski definition) is 8. The predicted molar refractivity (Wildman–Crippen MR) is 108 cm³/mol. The van der Waals surface area contributed by atoms with Crippen molar-refractivity contribution in [3.63, 3.8) is 0 Å². The van der Waals surface area contributed by atoms with Crippen molar-refractivity contribution < 1.29 is 21.6 Å². The number of benzene rings is 1. The summed E-state index contributed by atoms with van der Waals surface area (Å²) in [6.07, 6.45) is -1.76. The summed E-state index contributed by atoms with van der Waals surface area (Å²) in [4.78, 5) is 11.3. The van der Waals surface area contributed by atoms with Crippen LogP contribution in [0.1, 0.15) is 5.56 Å². The number of nitrogen functional groups attached to an aromatic ring is 1. The normalized spacial score (nSPS) is 12.1. The monoisotopic (exact) mass is 484 g/mol. The topological polar surface area (TPSA) is 134 Å². The van der Waals surface area contributed by atoms with Crippen LogP contribution in [0.5, 0.6) is 0 Å². The lowest BCUT2D eigenvalue weighted by Gasteiger charge is -2.06. The number of aromatic nitrogens is 6. The van der Waals surface area contributed by atoms with Crippen molar-refractivity contribution in [2.75, 3.05) is 11.1 Å². The highest BCUT2D eigenvalue weighted by Gasteiger charge is 2.31. The smallest absolute Gasteiger partial charge is 0.367 e. The summed E-state index contributed by atoms with van der Waals surface area (Å²) in [5.74, 6) is -0.482. The van der Waals surface area contributed by atoms with Gasteiger partial charge in [-0.15, -0.1) is 9.19 Å². The Hall–Kier alpha value is -3.65. The maximum Gasteiger partial charge on any atom is 0.417 e. The van der Waals surface area contributed by atoms with Gasteiger partial charge in [0.2, 0.25) is 11.9 Å². The predicted octanol–water partition coefficient (Wildman–Crippen LogP) is 3.09. The van der Waals surface area contributed by atoms with Gasteiger partial charge < -0.3 is 11.1 Å². The van der Waals surface area contributed by atoms with E-state index in [-0.39, 0.29) is 11.8 Å². The molecule has 0 aliphatic rings. The molecule has 0 atom stereocenters. The first-order chi connectivity index (χ1) is 15.0. The molecule has 0 saturated heterocycles. The Labute approximate surface area is 183 Å². The van der Waals surface area contributed by atoms with Crippen LogP contribution in [0.4, 0.5) is 30.8 Å². The lowest BCUT2D eigenvalue weighted by atomic mass is 10.3. The molecular weight excluding hydrogens is 473 g/mol. The Bertz CT molecular complexity index is 1370. The zero-order valence-electron chi connectivity index (χ0n) is 15.7. The molecule has 3 N–H and O–H groups in total. The minimum Gasteiger partial charge on any atom is -0.367 e. The summed E-state index contributed by atoms with van der Waals surface area (Å²) in [5, 5.41) is 6.69. The van der Waals surface area contributed by atoms with Crippen molar-refractivity contribution in [2.45, 2.75) is 11.2 Å². The second-order valence-electron chi connectivity index (χ2n) is 6.30. The number of imidazole rings is 1. The van der Waals surface area contributed by atoms with E-state index in [0.717, 1.165) is 29.2 Å². The fourth-order valence-corrected chi connectivity index (χ4v) is 3.76. The van der Waals surface area contributed by atoms with Crippen molar-refractivity contribution in [2.24, 2.45) is 0 Å². The number of nitrogens with two attached hydrogens (primary N) is 1. The summed E-state index contributed by atoms with van der Waals surface area (Å²) in [6.45, 7) is 0. The summed E-state index contributed by atoms with van der Waals surface area (Å²) in [7, 11) is -4.35. The van der Waals surface area contributed by atoms with Crippen molar-refractivity contribution in [3.8, 4) is 5.82 Å². The molecule has 0 aliphatic carbocycles. The third kappa shape index (κ3) is 4.22. The van der Waals surface area contributed by atoms with E-state index in [0.29, 0.717) is 21.0 Å². The molecule has 4 rings (SSSR count). The van der Waals surface area contributed by atoms with Crippen molar-refractivity contribution in [1.82, 2.24) is 28.7 Å². The van der Waals surface area contributed by atoms with Crippen LogP contribution >= 0.6 is 11.6 Å². The highest BCUT2D eigenvalue weighted by atomic mass is 35.5. The lowest BCUT2D eigenvalue weighted by Crippen LogP contribution is -2.17. The number of nitrogens with zero attached hydrogens (tertiary/aromatic N) is 6. The van der Waals surface area contributed by atoms with Gasteiger partial charge in [-0.2, -0.15) is 26.6 Å². The quantitative estimate of drug-likeness (QED) is 0.441. The first-order valence-electron chi connectivity index (χ1n) is 8.62. The van der Waals surface area contributed by atoms with E-state index >= 15 is 0 Å². The van der Waals surface area contributed by atoms with Crippen LogP contribution in [0.3, 0.4) is 0 Å². The molecule has 166 valence electrons. The van der Waals surface area contributed by atoms with Crippen molar-refractivity contribution in [1.29, 1.82) is 0 Å². The van der Waals surface area contributed by atoms with Crippen LogP contribution in [0.2, 0.25) is 5.02 Å². The third-order valence-electron chi connectivity index (χ3n) is 4.09. The van der Waals surface area contributed by atoms with E-state index in [2.05, 4.69) is 25.4 Å². The van der Waals surface area contributed by atoms with Crippen LogP contribution in [0.15, 0.2) is 60.1 Å². The molecule has 3 aromatic heterocycles. The number of alkyl halides is 3. The van der Waals surface area contributed by atoms with Crippen LogP contribution in [0.25, 0.3) is 5.82 Å². The molecular formula is C17H12ClF3N8O2S. The molecule has 4 aromatic rings. The number of nitrogens with one attached hydrogen (secondary N) is 1. The van der Waals surface area contributed by atoms with E-state index in [1.165, 1.54) is 0 Å². The largest absolute Gasteiger partial charge is 0.417 e. The second-order valence-corrected chi connectivity index (χ2v) is 8.45. The summed E-state index contributed by atoms with van der Waals surface area (Å²) in [6, 6.07) is 8.39.